The molecule has 1 amide bonds. The molecule has 2 atom stereocenters. The molecule has 2 bridgehead atoms. The van der Waals surface area contributed by atoms with Crippen LogP contribution in [0.15, 0.2) is 11.6 Å². The van der Waals surface area contributed by atoms with Gasteiger partial charge < -0.3 is 14.2 Å². The van der Waals surface area contributed by atoms with Crippen LogP contribution >= 0.6 is 0 Å². The number of nitrogens with zero attached hydrogens (tertiary/aromatic N) is 1. The van der Waals surface area contributed by atoms with Crippen molar-refractivity contribution in [1.29, 1.82) is 0 Å². The molecule has 114 valence electrons. The molecular weight excluding hydrogens is 258 g/mol. The van der Waals surface area contributed by atoms with E-state index in [4.69, 9.17) is 14.2 Å². The van der Waals surface area contributed by atoms with Crippen LogP contribution < -0.4 is 0 Å². The normalized spacial score (nSPS) is 26.2. The van der Waals surface area contributed by atoms with Gasteiger partial charge >= 0.3 is 6.09 Å². The second kappa shape index (κ2) is 6.14. The summed E-state index contributed by atoms with van der Waals surface area (Å²) in [5, 5.41) is 0. The fraction of sp³-hybridized carbons (Fsp3) is 0.800. The molecule has 2 aliphatic heterocycles. The number of carbonyl (C=O) groups is 1. The summed E-state index contributed by atoms with van der Waals surface area (Å²) in [7, 11) is 1.71. The molecule has 0 aliphatic carbocycles. The first-order valence-electron chi connectivity index (χ1n) is 7.18. The first-order chi connectivity index (χ1) is 9.40. The smallest absolute Gasteiger partial charge is 0.411 e. The molecule has 0 radical (unpaired) electrons. The van der Waals surface area contributed by atoms with Crippen LogP contribution in [-0.4, -0.2) is 55.6 Å². The molecular formula is C15H25NO4. The molecule has 1 fully saturated rings. The Labute approximate surface area is 120 Å². The SMILES string of the molecule is COCCC1=CC2COCC(C1)N2C(=O)OC(C)(C)C. The minimum Gasteiger partial charge on any atom is -0.444 e. The standard InChI is InChI=1S/C15H25NO4/c1-15(2,3)20-14(17)16-12-7-11(5-6-18-4)8-13(16)10-19-9-12/h7,12-13H,5-6,8-10H2,1-4H3. The largest absolute Gasteiger partial charge is 0.444 e. The lowest BCUT2D eigenvalue weighted by Gasteiger charge is -2.44. The number of hydrogen-bond donors (Lipinski definition) is 0. The van der Waals surface area contributed by atoms with Crippen LogP contribution in [0.2, 0.25) is 0 Å². The van der Waals surface area contributed by atoms with Crippen LogP contribution in [0.5, 0.6) is 0 Å². The van der Waals surface area contributed by atoms with Gasteiger partial charge in [0.25, 0.3) is 0 Å². The summed E-state index contributed by atoms with van der Waals surface area (Å²) in [4.78, 5) is 14.2. The maximum Gasteiger partial charge on any atom is 0.411 e. The highest BCUT2D eigenvalue weighted by Gasteiger charge is 2.39. The number of amides is 1. The zero-order valence-electron chi connectivity index (χ0n) is 12.8. The molecule has 2 heterocycles. The summed E-state index contributed by atoms with van der Waals surface area (Å²) in [6.45, 7) is 7.52. The summed E-state index contributed by atoms with van der Waals surface area (Å²) in [6.07, 6.45) is 3.67. The Kier molecular flexibility index (Phi) is 4.70. The van der Waals surface area contributed by atoms with Crippen molar-refractivity contribution in [3.05, 3.63) is 11.6 Å². The summed E-state index contributed by atoms with van der Waals surface area (Å²) in [5.74, 6) is 0. The molecule has 0 aromatic carbocycles. The average Bonchev–Trinajstić information content (AvgIpc) is 2.32. The predicted octanol–water partition coefficient (Wildman–Crippen LogP) is 2.36. The molecule has 0 saturated carbocycles. The lowest BCUT2D eigenvalue weighted by molar-refractivity contribution is -0.0539. The van der Waals surface area contributed by atoms with E-state index in [2.05, 4.69) is 6.08 Å². The van der Waals surface area contributed by atoms with E-state index in [0.717, 1.165) is 19.4 Å². The summed E-state index contributed by atoms with van der Waals surface area (Å²) in [5.41, 5.74) is 0.886. The summed E-state index contributed by atoms with van der Waals surface area (Å²) >= 11 is 0. The maximum atomic E-state index is 12.3. The minimum absolute atomic E-state index is 0.00999. The predicted molar refractivity (Wildman–Crippen MR) is 75.7 cm³/mol. The Morgan fingerprint density at radius 3 is 2.80 bits per heavy atom. The molecule has 5 nitrogen and oxygen atoms in total. The van der Waals surface area contributed by atoms with E-state index >= 15 is 0 Å². The topological polar surface area (TPSA) is 48.0 Å². The molecule has 2 aliphatic rings. The Morgan fingerprint density at radius 2 is 2.20 bits per heavy atom. The number of hydrogen-bond acceptors (Lipinski definition) is 4. The molecule has 2 rings (SSSR count). The van der Waals surface area contributed by atoms with Crippen LogP contribution in [0.4, 0.5) is 4.79 Å². The molecule has 0 aromatic rings. The Morgan fingerprint density at radius 1 is 1.45 bits per heavy atom. The van der Waals surface area contributed by atoms with Crippen LogP contribution in [0.3, 0.4) is 0 Å². The van der Waals surface area contributed by atoms with Crippen LogP contribution in [0.25, 0.3) is 0 Å². The third kappa shape index (κ3) is 3.73. The van der Waals surface area contributed by atoms with E-state index in [1.165, 1.54) is 5.57 Å². The van der Waals surface area contributed by atoms with E-state index in [1.54, 1.807) is 7.11 Å². The van der Waals surface area contributed by atoms with E-state index < -0.39 is 5.60 Å². The minimum atomic E-state index is -0.466. The van der Waals surface area contributed by atoms with Crippen molar-refractivity contribution in [3.63, 3.8) is 0 Å². The highest BCUT2D eigenvalue weighted by atomic mass is 16.6. The van der Waals surface area contributed by atoms with Crippen molar-refractivity contribution in [2.75, 3.05) is 26.9 Å². The van der Waals surface area contributed by atoms with Gasteiger partial charge in [0.1, 0.15) is 5.60 Å². The maximum absolute atomic E-state index is 12.3. The monoisotopic (exact) mass is 283 g/mol. The molecule has 5 heteroatoms. The first kappa shape index (κ1) is 15.3. The number of fused-ring (bicyclic) bond motifs is 2. The first-order valence-corrected chi connectivity index (χ1v) is 7.18. The summed E-state index contributed by atoms with van der Waals surface area (Å²) < 4.78 is 16.2. The zero-order chi connectivity index (χ0) is 14.8. The van der Waals surface area contributed by atoms with Gasteiger partial charge in [-0.25, -0.2) is 4.79 Å². The van der Waals surface area contributed by atoms with Crippen LogP contribution in [0, 0.1) is 0 Å². The summed E-state index contributed by atoms with van der Waals surface area (Å²) in [6, 6.07) is 0.0738. The lowest BCUT2D eigenvalue weighted by Crippen LogP contribution is -2.57. The number of carbonyl (C=O) groups excluding carboxylic acids is 1. The van der Waals surface area contributed by atoms with E-state index in [9.17, 15) is 4.79 Å². The van der Waals surface area contributed by atoms with Gasteiger partial charge in [0.15, 0.2) is 0 Å². The fourth-order valence-corrected chi connectivity index (χ4v) is 2.70. The number of rotatable bonds is 3. The van der Waals surface area contributed by atoms with Gasteiger partial charge in [0.2, 0.25) is 0 Å². The number of ether oxygens (including phenoxy) is 3. The van der Waals surface area contributed by atoms with Crippen molar-refractivity contribution in [3.8, 4) is 0 Å². The quantitative estimate of drug-likeness (QED) is 0.746. The van der Waals surface area contributed by atoms with E-state index in [1.807, 2.05) is 25.7 Å². The van der Waals surface area contributed by atoms with Gasteiger partial charge in [-0.3, -0.25) is 4.90 Å². The lowest BCUT2D eigenvalue weighted by atomic mass is 9.93. The number of methoxy groups -OCH3 is 1. The second-order valence-corrected chi connectivity index (χ2v) is 6.42. The van der Waals surface area contributed by atoms with Crippen molar-refractivity contribution in [2.45, 2.75) is 51.3 Å². The van der Waals surface area contributed by atoms with E-state index in [0.29, 0.717) is 13.2 Å². The van der Waals surface area contributed by atoms with Gasteiger partial charge in [0.05, 0.1) is 25.3 Å². The van der Waals surface area contributed by atoms with Crippen LogP contribution in [0.1, 0.15) is 33.6 Å². The second-order valence-electron chi connectivity index (χ2n) is 6.42. The van der Waals surface area contributed by atoms with Gasteiger partial charge in [-0.05, 0) is 33.6 Å². The van der Waals surface area contributed by atoms with Crippen molar-refractivity contribution >= 4 is 6.09 Å². The third-order valence-corrected chi connectivity index (χ3v) is 3.51. The van der Waals surface area contributed by atoms with Crippen molar-refractivity contribution in [1.82, 2.24) is 4.90 Å². The average molecular weight is 283 g/mol. The molecule has 20 heavy (non-hydrogen) atoms. The van der Waals surface area contributed by atoms with Gasteiger partial charge in [-0.2, -0.15) is 0 Å². The van der Waals surface area contributed by atoms with Gasteiger partial charge in [-0.1, -0.05) is 11.6 Å². The Balaban J connectivity index is 2.08. The van der Waals surface area contributed by atoms with Crippen molar-refractivity contribution < 1.29 is 19.0 Å². The molecule has 0 aromatic heterocycles. The van der Waals surface area contributed by atoms with Crippen molar-refractivity contribution in [2.24, 2.45) is 0 Å². The van der Waals surface area contributed by atoms with Gasteiger partial charge in [-0.15, -0.1) is 0 Å². The highest BCUT2D eigenvalue weighted by molar-refractivity contribution is 5.70. The Bertz CT molecular complexity index is 386. The molecule has 2 unspecified atom stereocenters. The highest BCUT2D eigenvalue weighted by Crippen LogP contribution is 2.30. The number of morpholine rings is 1. The Hall–Kier alpha value is -1.07. The third-order valence-electron chi connectivity index (χ3n) is 3.51. The van der Waals surface area contributed by atoms with E-state index in [-0.39, 0.29) is 18.2 Å². The molecule has 0 spiro atoms. The van der Waals surface area contributed by atoms with Crippen LogP contribution in [-0.2, 0) is 14.2 Å². The fourth-order valence-electron chi connectivity index (χ4n) is 2.70. The molecule has 0 N–H and O–H groups in total. The zero-order valence-corrected chi connectivity index (χ0v) is 12.8. The molecule has 1 saturated heterocycles. The van der Waals surface area contributed by atoms with Gasteiger partial charge in [0, 0.05) is 13.7 Å².